The van der Waals surface area contributed by atoms with Crippen molar-refractivity contribution in [1.82, 2.24) is 19.2 Å². The van der Waals surface area contributed by atoms with Crippen LogP contribution in [0.5, 0.6) is 0 Å². The number of hydrogen-bond donors (Lipinski definition) is 0. The smallest absolute Gasteiger partial charge is 0.253 e. The number of benzene rings is 2. The van der Waals surface area contributed by atoms with E-state index >= 15 is 0 Å². The number of amides is 1. The molecule has 0 unspecified atom stereocenters. The van der Waals surface area contributed by atoms with Crippen LogP contribution in [-0.2, 0) is 0 Å². The fraction of sp³-hybridized carbons (Fsp3) is 0.182. The summed E-state index contributed by atoms with van der Waals surface area (Å²) in [5.41, 5.74) is 2.71. The first-order valence-corrected chi connectivity index (χ1v) is 10.5. The van der Waals surface area contributed by atoms with Crippen molar-refractivity contribution in [1.29, 1.82) is 0 Å². The number of nitrogens with zero attached hydrogens (tertiary/aromatic N) is 5. The Labute approximate surface area is 180 Å². The van der Waals surface area contributed by atoms with Crippen molar-refractivity contribution in [3.05, 3.63) is 72.1 Å². The van der Waals surface area contributed by atoms with Crippen LogP contribution in [0.2, 0.25) is 0 Å². The lowest BCUT2D eigenvalue weighted by atomic mass is 10.1. The minimum atomic E-state index is -0.362. The molecule has 0 saturated carbocycles. The van der Waals surface area contributed by atoms with Gasteiger partial charge in [0.2, 0.25) is 0 Å². The van der Waals surface area contributed by atoms with Crippen molar-refractivity contribution in [2.24, 2.45) is 0 Å². The summed E-state index contributed by atoms with van der Waals surface area (Å²) in [6.07, 6.45) is 1.51. The molecule has 0 atom stereocenters. The first-order valence-electron chi connectivity index (χ1n) is 9.76. The lowest BCUT2D eigenvalue weighted by molar-refractivity contribution is 0.0746. The summed E-state index contributed by atoms with van der Waals surface area (Å²) in [6, 6.07) is 11.8. The Morgan fingerprint density at radius 2 is 1.52 bits per heavy atom. The molecule has 6 nitrogen and oxygen atoms in total. The Morgan fingerprint density at radius 3 is 2.19 bits per heavy atom. The van der Waals surface area contributed by atoms with E-state index in [-0.39, 0.29) is 17.5 Å². The highest BCUT2D eigenvalue weighted by molar-refractivity contribution is 7.14. The van der Waals surface area contributed by atoms with Gasteiger partial charge in [-0.1, -0.05) is 0 Å². The predicted molar refractivity (Wildman–Crippen MR) is 115 cm³/mol. The van der Waals surface area contributed by atoms with Crippen molar-refractivity contribution in [3.8, 4) is 11.3 Å². The van der Waals surface area contributed by atoms with Crippen molar-refractivity contribution in [2.75, 3.05) is 31.1 Å². The molecule has 0 N–H and O–H groups in total. The van der Waals surface area contributed by atoms with Gasteiger partial charge in [0.1, 0.15) is 33.9 Å². The van der Waals surface area contributed by atoms with Gasteiger partial charge in [-0.05, 0) is 60.1 Å². The molecule has 2 aromatic carbocycles. The van der Waals surface area contributed by atoms with Crippen molar-refractivity contribution in [3.63, 3.8) is 0 Å². The van der Waals surface area contributed by atoms with Crippen molar-refractivity contribution in [2.45, 2.75) is 0 Å². The van der Waals surface area contributed by atoms with Crippen molar-refractivity contribution >= 4 is 33.5 Å². The molecule has 3 heterocycles. The molecule has 1 aliphatic heterocycles. The summed E-state index contributed by atoms with van der Waals surface area (Å²) in [6.45, 7) is 2.29. The van der Waals surface area contributed by atoms with E-state index < -0.39 is 0 Å². The maximum atomic E-state index is 13.3. The van der Waals surface area contributed by atoms with E-state index in [2.05, 4.69) is 19.2 Å². The highest BCUT2D eigenvalue weighted by Gasteiger charge is 2.25. The topological polar surface area (TPSA) is 62.2 Å². The maximum absolute atomic E-state index is 13.3. The molecule has 9 heteroatoms. The Balaban J connectivity index is 1.36. The van der Waals surface area contributed by atoms with Crippen LogP contribution in [0.1, 0.15) is 10.4 Å². The average molecular weight is 437 g/mol. The quantitative estimate of drug-likeness (QED) is 0.485. The van der Waals surface area contributed by atoms with Crippen LogP contribution in [-0.4, -0.2) is 51.3 Å². The molecule has 0 bridgehead atoms. The summed E-state index contributed by atoms with van der Waals surface area (Å²) in [4.78, 5) is 25.4. The lowest BCUT2D eigenvalue weighted by Crippen LogP contribution is -2.49. The van der Waals surface area contributed by atoms with Crippen LogP contribution in [0.15, 0.2) is 54.9 Å². The fourth-order valence-electron chi connectivity index (χ4n) is 3.67. The Hall–Kier alpha value is -3.46. The molecule has 31 heavy (non-hydrogen) atoms. The van der Waals surface area contributed by atoms with Gasteiger partial charge in [0.15, 0.2) is 5.82 Å². The Morgan fingerprint density at radius 1 is 0.871 bits per heavy atom. The second-order valence-corrected chi connectivity index (χ2v) is 7.97. The standard InChI is InChI=1S/C22H17F2N5OS/c23-16-5-1-14(2-6-16)18-19-20(31-27-18)21(26-13-25-19)28-9-11-29(12-10-28)22(30)15-3-7-17(24)8-4-15/h1-8,13H,9-12H2. The van der Waals surface area contributed by atoms with Gasteiger partial charge in [0.25, 0.3) is 5.91 Å². The van der Waals surface area contributed by atoms with Gasteiger partial charge in [0.05, 0.1) is 0 Å². The normalized spacial score (nSPS) is 14.3. The monoisotopic (exact) mass is 437 g/mol. The molecule has 4 aromatic rings. The first-order chi connectivity index (χ1) is 15.1. The molecule has 1 saturated heterocycles. The second kappa shape index (κ2) is 7.99. The highest BCUT2D eigenvalue weighted by Crippen LogP contribution is 2.34. The van der Waals surface area contributed by atoms with Crippen LogP contribution in [0.4, 0.5) is 14.6 Å². The minimum Gasteiger partial charge on any atom is -0.352 e. The SMILES string of the molecule is O=C(c1ccc(F)cc1)N1CCN(c2ncnc3c(-c4ccc(F)cc4)nsc23)CC1. The van der Waals surface area contributed by atoms with Gasteiger partial charge >= 0.3 is 0 Å². The number of anilines is 1. The van der Waals surface area contributed by atoms with Crippen LogP contribution in [0, 0.1) is 11.6 Å². The zero-order valence-electron chi connectivity index (χ0n) is 16.3. The molecule has 0 spiro atoms. The Kier molecular flexibility index (Phi) is 5.03. The van der Waals surface area contributed by atoms with Gasteiger partial charge in [-0.15, -0.1) is 0 Å². The summed E-state index contributed by atoms with van der Waals surface area (Å²) < 4.78 is 31.8. The first kappa shape index (κ1) is 19.5. The highest BCUT2D eigenvalue weighted by atomic mass is 32.1. The number of hydrogen-bond acceptors (Lipinski definition) is 6. The Bertz CT molecular complexity index is 1240. The van der Waals surface area contributed by atoms with Crippen molar-refractivity contribution < 1.29 is 13.6 Å². The molecule has 2 aromatic heterocycles. The number of rotatable bonds is 3. The molecule has 156 valence electrons. The van der Waals surface area contributed by atoms with Crippen LogP contribution in [0.3, 0.4) is 0 Å². The molecule has 1 amide bonds. The number of carbonyl (C=O) groups excluding carboxylic acids is 1. The van der Waals surface area contributed by atoms with E-state index in [4.69, 9.17) is 0 Å². The molecule has 1 aliphatic rings. The summed E-state index contributed by atoms with van der Waals surface area (Å²) >= 11 is 1.31. The minimum absolute atomic E-state index is 0.108. The summed E-state index contributed by atoms with van der Waals surface area (Å²) in [5.74, 6) is 0.0129. The molecule has 1 fully saturated rings. The number of aromatic nitrogens is 3. The molecular formula is C22H17F2N5OS. The zero-order valence-corrected chi connectivity index (χ0v) is 17.1. The van der Waals surface area contributed by atoms with Gasteiger partial charge in [-0.25, -0.2) is 18.7 Å². The molecular weight excluding hydrogens is 420 g/mol. The number of carbonyl (C=O) groups is 1. The number of fused-ring (bicyclic) bond motifs is 1. The third-order valence-electron chi connectivity index (χ3n) is 5.31. The molecule has 0 aliphatic carbocycles. The predicted octanol–water partition coefficient (Wildman–Crippen LogP) is 3.99. The van der Waals surface area contributed by atoms with E-state index in [0.717, 1.165) is 21.6 Å². The van der Waals surface area contributed by atoms with E-state index in [9.17, 15) is 13.6 Å². The van der Waals surface area contributed by atoms with E-state index in [0.29, 0.717) is 37.4 Å². The van der Waals surface area contributed by atoms with E-state index in [1.54, 1.807) is 17.0 Å². The van der Waals surface area contributed by atoms with Crippen LogP contribution >= 0.6 is 11.5 Å². The van der Waals surface area contributed by atoms with E-state index in [1.165, 1.54) is 54.3 Å². The number of halogens is 2. The lowest BCUT2D eigenvalue weighted by Gasteiger charge is -2.35. The second-order valence-electron chi connectivity index (χ2n) is 7.20. The van der Waals surface area contributed by atoms with Gasteiger partial charge in [-0.2, -0.15) is 4.37 Å². The van der Waals surface area contributed by atoms with Crippen LogP contribution in [0.25, 0.3) is 21.5 Å². The zero-order chi connectivity index (χ0) is 21.4. The molecule has 0 radical (unpaired) electrons. The summed E-state index contributed by atoms with van der Waals surface area (Å²) in [5, 5.41) is 0. The summed E-state index contributed by atoms with van der Waals surface area (Å²) in [7, 11) is 0. The number of piperazine rings is 1. The molecule has 5 rings (SSSR count). The average Bonchev–Trinajstić information content (AvgIpc) is 3.24. The largest absolute Gasteiger partial charge is 0.352 e. The third kappa shape index (κ3) is 3.72. The maximum Gasteiger partial charge on any atom is 0.253 e. The van der Waals surface area contributed by atoms with Gasteiger partial charge < -0.3 is 9.80 Å². The van der Waals surface area contributed by atoms with E-state index in [1.807, 2.05) is 0 Å². The van der Waals surface area contributed by atoms with Crippen LogP contribution < -0.4 is 4.90 Å². The van der Waals surface area contributed by atoms with Gasteiger partial charge in [0, 0.05) is 37.3 Å². The van der Waals surface area contributed by atoms with Gasteiger partial charge in [-0.3, -0.25) is 4.79 Å². The third-order valence-corrected chi connectivity index (χ3v) is 6.15. The fourth-order valence-corrected chi connectivity index (χ4v) is 4.54.